The first kappa shape index (κ1) is 10.9. The minimum absolute atomic E-state index is 0.0943. The maximum absolute atomic E-state index is 7.57. The van der Waals surface area contributed by atoms with E-state index < -0.39 is 0 Å². The summed E-state index contributed by atoms with van der Waals surface area (Å²) in [6.45, 7) is 2.82. The molecule has 4 heteroatoms. The summed E-state index contributed by atoms with van der Waals surface area (Å²) in [5, 5.41) is 10.7. The average Bonchev–Trinajstić information content (AvgIpc) is 2.28. The predicted octanol–water partition coefficient (Wildman–Crippen LogP) is 1.68. The number of pyridine rings is 1. The third-order valence-electron chi connectivity index (χ3n) is 2.94. The van der Waals surface area contributed by atoms with Crippen LogP contribution in [0.5, 0.6) is 0 Å². The van der Waals surface area contributed by atoms with Crippen molar-refractivity contribution < 1.29 is 0 Å². The van der Waals surface area contributed by atoms with Gasteiger partial charge in [-0.05, 0) is 44.2 Å². The SMILES string of the molecule is CCNc1nc2c(cc1C(=N)N)CCCC2. The van der Waals surface area contributed by atoms with Gasteiger partial charge in [-0.2, -0.15) is 0 Å². The van der Waals surface area contributed by atoms with Gasteiger partial charge < -0.3 is 11.1 Å². The van der Waals surface area contributed by atoms with E-state index >= 15 is 0 Å². The highest BCUT2D eigenvalue weighted by Crippen LogP contribution is 2.24. The summed E-state index contributed by atoms with van der Waals surface area (Å²) in [5.41, 5.74) is 8.76. The zero-order valence-electron chi connectivity index (χ0n) is 9.64. The fraction of sp³-hybridized carbons (Fsp3) is 0.500. The van der Waals surface area contributed by atoms with E-state index in [1.54, 1.807) is 0 Å². The highest BCUT2D eigenvalue weighted by molar-refractivity contribution is 5.99. The number of aryl methyl sites for hydroxylation is 2. The molecule has 1 heterocycles. The number of anilines is 1. The first-order valence-corrected chi connectivity index (χ1v) is 5.83. The van der Waals surface area contributed by atoms with E-state index in [1.807, 2.05) is 13.0 Å². The number of nitrogens with two attached hydrogens (primary N) is 1. The largest absolute Gasteiger partial charge is 0.384 e. The van der Waals surface area contributed by atoms with Crippen molar-refractivity contribution in [2.24, 2.45) is 5.73 Å². The molecule has 0 saturated carbocycles. The molecule has 1 aromatic heterocycles. The van der Waals surface area contributed by atoms with Crippen LogP contribution in [0, 0.1) is 5.41 Å². The second-order valence-corrected chi connectivity index (χ2v) is 4.14. The van der Waals surface area contributed by atoms with Crippen LogP contribution >= 0.6 is 0 Å². The Hall–Kier alpha value is -1.58. The van der Waals surface area contributed by atoms with Crippen molar-refractivity contribution in [1.82, 2.24) is 4.98 Å². The van der Waals surface area contributed by atoms with E-state index in [4.69, 9.17) is 11.1 Å². The third kappa shape index (κ3) is 2.01. The molecule has 0 fully saturated rings. The van der Waals surface area contributed by atoms with Crippen molar-refractivity contribution in [3.63, 3.8) is 0 Å². The number of amidine groups is 1. The van der Waals surface area contributed by atoms with E-state index in [0.717, 1.165) is 30.8 Å². The number of nitrogen functional groups attached to an aromatic ring is 1. The molecular formula is C12H18N4. The van der Waals surface area contributed by atoms with Gasteiger partial charge in [0.1, 0.15) is 11.7 Å². The van der Waals surface area contributed by atoms with Crippen molar-refractivity contribution in [1.29, 1.82) is 5.41 Å². The summed E-state index contributed by atoms with van der Waals surface area (Å²) < 4.78 is 0. The lowest BCUT2D eigenvalue weighted by atomic mass is 9.94. The average molecular weight is 218 g/mol. The molecule has 1 aliphatic carbocycles. The van der Waals surface area contributed by atoms with Gasteiger partial charge in [-0.15, -0.1) is 0 Å². The molecule has 0 saturated heterocycles. The second-order valence-electron chi connectivity index (χ2n) is 4.14. The van der Waals surface area contributed by atoms with Crippen LogP contribution in [0.1, 0.15) is 36.6 Å². The molecule has 0 bridgehead atoms. The Labute approximate surface area is 95.8 Å². The number of fused-ring (bicyclic) bond motifs is 1. The second kappa shape index (κ2) is 4.51. The van der Waals surface area contributed by atoms with Crippen molar-refractivity contribution >= 4 is 11.7 Å². The lowest BCUT2D eigenvalue weighted by Crippen LogP contribution is -2.18. The Morgan fingerprint density at radius 3 is 2.94 bits per heavy atom. The van der Waals surface area contributed by atoms with Crippen molar-refractivity contribution in [3.05, 3.63) is 22.9 Å². The maximum Gasteiger partial charge on any atom is 0.137 e. The van der Waals surface area contributed by atoms with Crippen LogP contribution in [0.4, 0.5) is 5.82 Å². The van der Waals surface area contributed by atoms with Gasteiger partial charge in [0.25, 0.3) is 0 Å². The van der Waals surface area contributed by atoms with Gasteiger partial charge in [-0.1, -0.05) is 0 Å². The van der Waals surface area contributed by atoms with Crippen molar-refractivity contribution in [3.8, 4) is 0 Å². The Balaban J connectivity index is 2.45. The molecule has 16 heavy (non-hydrogen) atoms. The van der Waals surface area contributed by atoms with E-state index in [0.29, 0.717) is 0 Å². The van der Waals surface area contributed by atoms with Crippen LogP contribution in [-0.4, -0.2) is 17.4 Å². The minimum Gasteiger partial charge on any atom is -0.384 e. The van der Waals surface area contributed by atoms with Crippen LogP contribution in [0.2, 0.25) is 0 Å². The summed E-state index contributed by atoms with van der Waals surface area (Å²) in [5.74, 6) is 0.854. The number of hydrogen-bond acceptors (Lipinski definition) is 3. The normalized spacial score (nSPS) is 14.3. The first-order chi connectivity index (χ1) is 7.72. The third-order valence-corrected chi connectivity index (χ3v) is 2.94. The van der Waals surface area contributed by atoms with Gasteiger partial charge in [-0.25, -0.2) is 4.98 Å². The number of rotatable bonds is 3. The van der Waals surface area contributed by atoms with Crippen molar-refractivity contribution in [2.45, 2.75) is 32.6 Å². The molecule has 86 valence electrons. The van der Waals surface area contributed by atoms with Crippen LogP contribution in [0.15, 0.2) is 6.07 Å². The van der Waals surface area contributed by atoms with Gasteiger partial charge >= 0.3 is 0 Å². The quantitative estimate of drug-likeness (QED) is 0.533. The van der Waals surface area contributed by atoms with E-state index in [-0.39, 0.29) is 5.84 Å². The molecule has 4 N–H and O–H groups in total. The predicted molar refractivity (Wildman–Crippen MR) is 66.1 cm³/mol. The Kier molecular flexibility index (Phi) is 3.08. The zero-order valence-corrected chi connectivity index (χ0v) is 9.64. The van der Waals surface area contributed by atoms with Gasteiger partial charge in [0.2, 0.25) is 0 Å². The molecule has 1 aromatic rings. The summed E-state index contributed by atoms with van der Waals surface area (Å²) in [6.07, 6.45) is 4.54. The number of nitrogens with zero attached hydrogens (tertiary/aromatic N) is 1. The number of aromatic nitrogens is 1. The molecule has 0 radical (unpaired) electrons. The molecular weight excluding hydrogens is 200 g/mol. The lowest BCUT2D eigenvalue weighted by molar-refractivity contribution is 0.668. The maximum atomic E-state index is 7.57. The van der Waals surface area contributed by atoms with Crippen molar-refractivity contribution in [2.75, 3.05) is 11.9 Å². The first-order valence-electron chi connectivity index (χ1n) is 5.83. The molecule has 0 unspecified atom stereocenters. The Morgan fingerprint density at radius 1 is 1.50 bits per heavy atom. The van der Waals surface area contributed by atoms with Gasteiger partial charge in [0.05, 0.1) is 5.56 Å². The van der Waals surface area contributed by atoms with Gasteiger partial charge in [-0.3, -0.25) is 5.41 Å². The summed E-state index contributed by atoms with van der Waals surface area (Å²) in [4.78, 5) is 4.59. The summed E-state index contributed by atoms with van der Waals surface area (Å²) in [7, 11) is 0. The van der Waals surface area contributed by atoms with Crippen LogP contribution < -0.4 is 11.1 Å². The molecule has 0 aliphatic heterocycles. The molecule has 1 aliphatic rings. The number of hydrogen-bond donors (Lipinski definition) is 3. The summed E-state index contributed by atoms with van der Waals surface area (Å²) >= 11 is 0. The van der Waals surface area contributed by atoms with Gasteiger partial charge in [0, 0.05) is 12.2 Å². The fourth-order valence-corrected chi connectivity index (χ4v) is 2.14. The smallest absolute Gasteiger partial charge is 0.137 e. The molecule has 0 atom stereocenters. The highest BCUT2D eigenvalue weighted by atomic mass is 15.0. The Morgan fingerprint density at radius 2 is 2.25 bits per heavy atom. The lowest BCUT2D eigenvalue weighted by Gasteiger charge is -2.18. The molecule has 0 amide bonds. The minimum atomic E-state index is 0.0943. The fourth-order valence-electron chi connectivity index (χ4n) is 2.14. The molecule has 2 rings (SSSR count). The standard InChI is InChI=1S/C12H18N4/c1-2-15-12-9(11(13)14)7-8-5-3-4-6-10(8)16-12/h7H,2-6H2,1H3,(H3,13,14)(H,15,16). The topological polar surface area (TPSA) is 74.8 Å². The molecule has 0 aromatic carbocycles. The molecule has 4 nitrogen and oxygen atoms in total. The number of nitrogens with one attached hydrogen (secondary N) is 2. The zero-order chi connectivity index (χ0) is 11.5. The summed E-state index contributed by atoms with van der Waals surface area (Å²) in [6, 6.07) is 2.03. The van der Waals surface area contributed by atoms with Gasteiger partial charge in [0.15, 0.2) is 0 Å². The van der Waals surface area contributed by atoms with Crippen LogP contribution in [0.3, 0.4) is 0 Å². The van der Waals surface area contributed by atoms with E-state index in [1.165, 1.54) is 24.1 Å². The highest BCUT2D eigenvalue weighted by Gasteiger charge is 2.15. The van der Waals surface area contributed by atoms with Crippen LogP contribution in [-0.2, 0) is 12.8 Å². The molecule has 0 spiro atoms. The van der Waals surface area contributed by atoms with Crippen LogP contribution in [0.25, 0.3) is 0 Å². The van der Waals surface area contributed by atoms with E-state index in [2.05, 4.69) is 10.3 Å². The monoisotopic (exact) mass is 218 g/mol. The van der Waals surface area contributed by atoms with E-state index in [9.17, 15) is 0 Å². The Bertz CT molecular complexity index is 412.